The summed E-state index contributed by atoms with van der Waals surface area (Å²) in [6.45, 7) is 1.98. The number of imidazole rings is 1. The Morgan fingerprint density at radius 2 is 2.03 bits per heavy atom. The van der Waals surface area contributed by atoms with Crippen LogP contribution in [0.3, 0.4) is 0 Å². The van der Waals surface area contributed by atoms with Crippen LogP contribution in [-0.2, 0) is 7.05 Å². The van der Waals surface area contributed by atoms with Gasteiger partial charge in [-0.25, -0.2) is 19.3 Å². The molecule has 0 atom stereocenters. The van der Waals surface area contributed by atoms with E-state index in [0.717, 1.165) is 42.6 Å². The van der Waals surface area contributed by atoms with Crippen LogP contribution in [0.15, 0.2) is 29.6 Å². The van der Waals surface area contributed by atoms with E-state index in [1.54, 1.807) is 26.9 Å². The van der Waals surface area contributed by atoms with Crippen molar-refractivity contribution in [1.29, 1.82) is 0 Å². The highest BCUT2D eigenvalue weighted by Crippen LogP contribution is 2.60. The number of aryl methyl sites for hydroxylation is 2. The number of pyridine rings is 1. The van der Waals surface area contributed by atoms with E-state index in [1.807, 2.05) is 19.2 Å². The normalized spacial score (nSPS) is 25.6. The Morgan fingerprint density at radius 1 is 1.23 bits per heavy atom. The summed E-state index contributed by atoms with van der Waals surface area (Å²) < 4.78 is 5.09. The van der Waals surface area contributed by atoms with Gasteiger partial charge in [0, 0.05) is 13.1 Å². The molecule has 4 aromatic rings. The van der Waals surface area contributed by atoms with Crippen molar-refractivity contribution < 1.29 is 5.11 Å². The Bertz CT molecular complexity index is 1350. The molecule has 4 heterocycles. The van der Waals surface area contributed by atoms with Gasteiger partial charge in [-0.3, -0.25) is 9.13 Å². The van der Waals surface area contributed by atoms with Crippen LogP contribution < -0.4 is 11.0 Å². The molecule has 2 aliphatic carbocycles. The number of hydrogen-bond acceptors (Lipinski definition) is 7. The number of aliphatic hydroxyl groups is 1. The molecule has 0 bridgehead atoms. The molecule has 0 aliphatic heterocycles. The van der Waals surface area contributed by atoms with Gasteiger partial charge < -0.3 is 10.4 Å². The lowest BCUT2D eigenvalue weighted by Crippen LogP contribution is -2.51. The molecule has 2 N–H and O–H groups in total. The first-order chi connectivity index (χ1) is 14.4. The predicted octanol–water partition coefficient (Wildman–Crippen LogP) is 1.70. The van der Waals surface area contributed by atoms with E-state index < -0.39 is 0 Å². The third kappa shape index (κ3) is 2.43. The van der Waals surface area contributed by atoms with Crippen LogP contribution in [0.5, 0.6) is 0 Å². The summed E-state index contributed by atoms with van der Waals surface area (Å²) >= 11 is 0. The molecule has 30 heavy (non-hydrogen) atoms. The van der Waals surface area contributed by atoms with Crippen molar-refractivity contribution in [3.8, 4) is 0 Å². The number of rotatable bonds is 3. The van der Waals surface area contributed by atoms with Crippen molar-refractivity contribution >= 4 is 28.4 Å². The lowest BCUT2D eigenvalue weighted by Gasteiger charge is -2.56. The van der Waals surface area contributed by atoms with Crippen LogP contribution in [0.25, 0.3) is 16.8 Å². The Balaban J connectivity index is 1.37. The molecule has 0 radical (unpaired) electrons. The number of nitrogens with one attached hydrogen (secondary N) is 1. The summed E-state index contributed by atoms with van der Waals surface area (Å²) in [6, 6.07) is 2.05. The zero-order valence-electron chi connectivity index (χ0n) is 16.8. The Labute approximate surface area is 171 Å². The van der Waals surface area contributed by atoms with Crippen molar-refractivity contribution in [2.75, 3.05) is 5.32 Å². The molecule has 0 saturated heterocycles. The molecule has 1 spiro atoms. The molecule has 4 aromatic heterocycles. The van der Waals surface area contributed by atoms with Gasteiger partial charge in [-0.15, -0.1) is 0 Å². The smallest absolute Gasteiger partial charge is 0.330 e. The minimum Gasteiger partial charge on any atom is -0.393 e. The summed E-state index contributed by atoms with van der Waals surface area (Å²) in [5.41, 5.74) is 4.08. The second kappa shape index (κ2) is 5.88. The van der Waals surface area contributed by atoms with Gasteiger partial charge in [-0.05, 0) is 49.7 Å². The maximum atomic E-state index is 12.9. The first-order valence-corrected chi connectivity index (χ1v) is 10.1. The van der Waals surface area contributed by atoms with Crippen molar-refractivity contribution in [2.24, 2.45) is 12.5 Å². The monoisotopic (exact) mass is 406 g/mol. The molecule has 0 amide bonds. The van der Waals surface area contributed by atoms with Crippen LogP contribution in [0.2, 0.25) is 0 Å². The van der Waals surface area contributed by atoms with Gasteiger partial charge in [0.1, 0.15) is 11.8 Å². The van der Waals surface area contributed by atoms with Crippen molar-refractivity contribution in [3.63, 3.8) is 0 Å². The van der Waals surface area contributed by atoms with Crippen LogP contribution in [-0.4, -0.2) is 44.9 Å². The fraction of sp³-hybridized carbons (Fsp3) is 0.450. The van der Waals surface area contributed by atoms with Gasteiger partial charge in [0.25, 0.3) is 0 Å². The lowest BCUT2D eigenvalue weighted by molar-refractivity contribution is -0.106. The van der Waals surface area contributed by atoms with E-state index in [-0.39, 0.29) is 23.3 Å². The first-order valence-electron chi connectivity index (χ1n) is 10.1. The lowest BCUT2D eigenvalue weighted by atomic mass is 9.53. The highest BCUT2D eigenvalue weighted by atomic mass is 16.3. The highest BCUT2D eigenvalue weighted by Gasteiger charge is 2.53. The zero-order valence-corrected chi connectivity index (χ0v) is 16.8. The third-order valence-corrected chi connectivity index (χ3v) is 6.74. The van der Waals surface area contributed by atoms with Gasteiger partial charge in [0.2, 0.25) is 5.95 Å². The van der Waals surface area contributed by atoms with Crippen LogP contribution in [0.4, 0.5) is 11.6 Å². The number of nitrogens with zero attached hydrogens (tertiary/aromatic N) is 7. The van der Waals surface area contributed by atoms with E-state index in [4.69, 9.17) is 4.98 Å². The Hall–Kier alpha value is -3.27. The summed E-state index contributed by atoms with van der Waals surface area (Å²) in [5, 5.41) is 17.1. The highest BCUT2D eigenvalue weighted by molar-refractivity contribution is 5.73. The van der Waals surface area contributed by atoms with Crippen molar-refractivity contribution in [3.05, 3.63) is 40.8 Å². The third-order valence-electron chi connectivity index (χ3n) is 6.74. The van der Waals surface area contributed by atoms with Crippen LogP contribution >= 0.6 is 0 Å². The van der Waals surface area contributed by atoms with E-state index in [0.29, 0.717) is 17.1 Å². The summed E-state index contributed by atoms with van der Waals surface area (Å²) in [6.07, 6.45) is 8.38. The van der Waals surface area contributed by atoms with E-state index >= 15 is 0 Å². The quantitative estimate of drug-likeness (QED) is 0.532. The van der Waals surface area contributed by atoms with Gasteiger partial charge in [0.15, 0.2) is 11.3 Å². The zero-order chi connectivity index (χ0) is 20.6. The number of fused-ring (bicyclic) bond motifs is 2. The second-order valence-corrected chi connectivity index (χ2v) is 8.80. The largest absolute Gasteiger partial charge is 0.393 e. The Morgan fingerprint density at radius 3 is 2.80 bits per heavy atom. The molecule has 2 aliphatic rings. The summed E-state index contributed by atoms with van der Waals surface area (Å²) in [7, 11) is 1.75. The molecular formula is C20H22N8O2. The molecule has 154 valence electrons. The maximum absolute atomic E-state index is 12.9. The molecule has 2 fully saturated rings. The Kier molecular flexibility index (Phi) is 3.45. The molecular weight excluding hydrogens is 384 g/mol. The predicted molar refractivity (Wildman–Crippen MR) is 110 cm³/mol. The second-order valence-electron chi connectivity index (χ2n) is 8.80. The average molecular weight is 406 g/mol. The maximum Gasteiger partial charge on any atom is 0.330 e. The summed E-state index contributed by atoms with van der Waals surface area (Å²) in [4.78, 5) is 26.2. The minimum absolute atomic E-state index is 0.0728. The fourth-order valence-corrected chi connectivity index (χ4v) is 5.13. The van der Waals surface area contributed by atoms with Crippen molar-refractivity contribution in [1.82, 2.24) is 33.7 Å². The van der Waals surface area contributed by atoms with Crippen molar-refractivity contribution in [2.45, 2.75) is 44.8 Å². The van der Waals surface area contributed by atoms with Gasteiger partial charge in [-0.1, -0.05) is 0 Å². The van der Waals surface area contributed by atoms with Crippen LogP contribution in [0.1, 0.15) is 37.3 Å². The molecule has 2 saturated carbocycles. The molecule has 10 heteroatoms. The number of aromatic nitrogens is 7. The summed E-state index contributed by atoms with van der Waals surface area (Å²) in [5.74, 6) is 0.428. The molecule has 0 unspecified atom stereocenters. The van der Waals surface area contributed by atoms with Gasteiger partial charge in [-0.2, -0.15) is 10.1 Å². The molecule has 10 nitrogen and oxygen atoms in total. The standard InChI is InChI=1S/C20H22N8O2/c1-11-3-16-22-10-23-27(16)9-14(11)24-18-21-8-15-17(25-18)28(19(30)26(15)2)12-4-20(5-12)6-13(29)7-20/h3,8-10,12-13,29H,4-7H2,1-2H3,(H,21,24,25). The minimum atomic E-state index is -0.182. The average Bonchev–Trinajstić information content (AvgIpc) is 3.20. The van der Waals surface area contributed by atoms with E-state index in [2.05, 4.69) is 20.4 Å². The molecule has 6 rings (SSSR count). The molecule has 0 aromatic carbocycles. The number of anilines is 2. The topological polar surface area (TPSA) is 115 Å². The first kappa shape index (κ1) is 17.6. The van der Waals surface area contributed by atoms with Crippen LogP contribution in [0, 0.1) is 12.3 Å². The SMILES string of the molecule is Cc1cc2ncnn2cc1Nc1ncc2c(n1)n(C1CC3(CC(O)C3)C1)c(=O)n2C. The number of hydrogen-bond donors (Lipinski definition) is 2. The number of aliphatic hydroxyl groups excluding tert-OH is 1. The van der Waals surface area contributed by atoms with E-state index in [1.165, 1.54) is 6.33 Å². The van der Waals surface area contributed by atoms with E-state index in [9.17, 15) is 9.90 Å². The van der Waals surface area contributed by atoms with Gasteiger partial charge in [0.05, 0.1) is 24.2 Å². The van der Waals surface area contributed by atoms with Gasteiger partial charge >= 0.3 is 5.69 Å². The fourth-order valence-electron chi connectivity index (χ4n) is 5.13.